The summed E-state index contributed by atoms with van der Waals surface area (Å²) in [6.45, 7) is 8.76. The number of rotatable bonds is 7. The van der Waals surface area contributed by atoms with E-state index in [0.717, 1.165) is 11.3 Å². The predicted octanol–water partition coefficient (Wildman–Crippen LogP) is 1.90. The summed E-state index contributed by atoms with van der Waals surface area (Å²) >= 11 is 0. The fraction of sp³-hybridized carbons (Fsp3) is 0.500. The molecule has 0 radical (unpaired) electrons. The third-order valence-corrected chi connectivity index (χ3v) is 2.96. The molecule has 0 bridgehead atoms. The van der Waals surface area contributed by atoms with E-state index in [0.29, 0.717) is 19.0 Å². The van der Waals surface area contributed by atoms with Crippen LogP contribution in [0.1, 0.15) is 33.3 Å². The van der Waals surface area contributed by atoms with Crippen LogP contribution in [-0.4, -0.2) is 24.4 Å². The lowest BCUT2D eigenvalue weighted by Gasteiger charge is -2.15. The Morgan fingerprint density at radius 1 is 1.10 bits per heavy atom. The predicted molar refractivity (Wildman–Crippen MR) is 84.9 cm³/mol. The first kappa shape index (κ1) is 17.2. The van der Waals surface area contributed by atoms with E-state index in [1.165, 1.54) is 6.92 Å². The van der Waals surface area contributed by atoms with E-state index in [-0.39, 0.29) is 17.9 Å². The largest absolute Gasteiger partial charge is 0.354 e. The zero-order valence-electron chi connectivity index (χ0n) is 13.2. The fourth-order valence-corrected chi connectivity index (χ4v) is 1.73. The van der Waals surface area contributed by atoms with Gasteiger partial charge in [0, 0.05) is 25.7 Å². The number of amides is 2. The maximum atomic E-state index is 11.8. The molecule has 0 fully saturated rings. The first-order valence-corrected chi connectivity index (χ1v) is 7.26. The second kappa shape index (κ2) is 8.42. The summed E-state index contributed by atoms with van der Waals surface area (Å²) in [5.74, 6) is 0.373. The van der Waals surface area contributed by atoms with Crippen molar-refractivity contribution in [3.8, 4) is 0 Å². The van der Waals surface area contributed by atoms with Gasteiger partial charge < -0.3 is 16.0 Å². The first-order valence-electron chi connectivity index (χ1n) is 7.26. The molecule has 5 nitrogen and oxygen atoms in total. The Bertz CT molecular complexity index is 469. The maximum absolute atomic E-state index is 11.8. The Hall–Kier alpha value is -1.88. The SMILES string of the molecule is CC(=O)Nc1ccc(CNC(C)C(=O)NCC(C)C)cc1. The molecule has 1 atom stereocenters. The van der Waals surface area contributed by atoms with E-state index in [9.17, 15) is 9.59 Å². The fourth-order valence-electron chi connectivity index (χ4n) is 1.73. The Labute approximate surface area is 126 Å². The molecule has 0 aliphatic heterocycles. The molecule has 5 heteroatoms. The molecule has 3 N–H and O–H groups in total. The van der Waals surface area contributed by atoms with Gasteiger partial charge >= 0.3 is 0 Å². The minimum atomic E-state index is -0.237. The van der Waals surface area contributed by atoms with Crippen LogP contribution in [0.3, 0.4) is 0 Å². The molecule has 1 rings (SSSR count). The van der Waals surface area contributed by atoms with Crippen molar-refractivity contribution in [2.24, 2.45) is 5.92 Å². The van der Waals surface area contributed by atoms with Crippen LogP contribution in [0.25, 0.3) is 0 Å². The Morgan fingerprint density at radius 3 is 2.24 bits per heavy atom. The number of carbonyl (C=O) groups excluding carboxylic acids is 2. The summed E-state index contributed by atoms with van der Waals surface area (Å²) in [7, 11) is 0. The number of benzene rings is 1. The molecule has 0 spiro atoms. The molecule has 0 aliphatic rings. The molecule has 21 heavy (non-hydrogen) atoms. The molecule has 1 aromatic rings. The van der Waals surface area contributed by atoms with E-state index in [2.05, 4.69) is 29.8 Å². The van der Waals surface area contributed by atoms with Crippen molar-refractivity contribution >= 4 is 17.5 Å². The lowest BCUT2D eigenvalue weighted by molar-refractivity contribution is -0.123. The van der Waals surface area contributed by atoms with Gasteiger partial charge in [-0.1, -0.05) is 26.0 Å². The van der Waals surface area contributed by atoms with E-state index >= 15 is 0 Å². The highest BCUT2D eigenvalue weighted by atomic mass is 16.2. The van der Waals surface area contributed by atoms with Crippen molar-refractivity contribution in [2.75, 3.05) is 11.9 Å². The van der Waals surface area contributed by atoms with Gasteiger partial charge in [-0.05, 0) is 30.5 Å². The summed E-state index contributed by atoms with van der Waals surface area (Å²) in [5, 5.41) is 8.80. The minimum Gasteiger partial charge on any atom is -0.354 e. The van der Waals surface area contributed by atoms with Crippen LogP contribution in [0.15, 0.2) is 24.3 Å². The Kier molecular flexibility index (Phi) is 6.88. The Morgan fingerprint density at radius 2 is 1.71 bits per heavy atom. The number of hydrogen-bond donors (Lipinski definition) is 3. The highest BCUT2D eigenvalue weighted by molar-refractivity contribution is 5.88. The molecular weight excluding hydrogens is 266 g/mol. The van der Waals surface area contributed by atoms with Gasteiger partial charge in [-0.25, -0.2) is 0 Å². The summed E-state index contributed by atoms with van der Waals surface area (Å²) in [4.78, 5) is 22.8. The number of nitrogens with one attached hydrogen (secondary N) is 3. The minimum absolute atomic E-state index is 0.0126. The van der Waals surface area contributed by atoms with Crippen LogP contribution in [0.2, 0.25) is 0 Å². The van der Waals surface area contributed by atoms with Gasteiger partial charge in [-0.2, -0.15) is 0 Å². The van der Waals surface area contributed by atoms with Crippen LogP contribution in [0.5, 0.6) is 0 Å². The van der Waals surface area contributed by atoms with Gasteiger partial charge in [0.1, 0.15) is 0 Å². The van der Waals surface area contributed by atoms with E-state index in [4.69, 9.17) is 0 Å². The number of anilines is 1. The molecular formula is C16H25N3O2. The third kappa shape index (κ3) is 6.90. The molecule has 2 amide bonds. The van der Waals surface area contributed by atoms with Gasteiger partial charge in [-0.15, -0.1) is 0 Å². The summed E-state index contributed by atoms with van der Waals surface area (Å²) in [5.41, 5.74) is 1.83. The van der Waals surface area contributed by atoms with Crippen molar-refractivity contribution < 1.29 is 9.59 Å². The van der Waals surface area contributed by atoms with Crippen molar-refractivity contribution in [1.29, 1.82) is 0 Å². The smallest absolute Gasteiger partial charge is 0.236 e. The number of carbonyl (C=O) groups is 2. The van der Waals surface area contributed by atoms with Crippen LogP contribution in [-0.2, 0) is 16.1 Å². The second-order valence-electron chi connectivity index (χ2n) is 5.62. The molecule has 0 aromatic heterocycles. The average Bonchev–Trinajstić information content (AvgIpc) is 2.43. The molecule has 0 heterocycles. The monoisotopic (exact) mass is 291 g/mol. The molecule has 1 aromatic carbocycles. The summed E-state index contributed by atoms with van der Waals surface area (Å²) < 4.78 is 0. The third-order valence-electron chi connectivity index (χ3n) is 2.96. The summed E-state index contributed by atoms with van der Waals surface area (Å²) in [6, 6.07) is 7.32. The quantitative estimate of drug-likeness (QED) is 0.718. The molecule has 1 unspecified atom stereocenters. The van der Waals surface area contributed by atoms with Crippen molar-refractivity contribution in [1.82, 2.24) is 10.6 Å². The highest BCUT2D eigenvalue weighted by Crippen LogP contribution is 2.09. The number of hydrogen-bond acceptors (Lipinski definition) is 3. The first-order chi connectivity index (χ1) is 9.88. The van der Waals surface area contributed by atoms with E-state index in [1.54, 1.807) is 0 Å². The van der Waals surface area contributed by atoms with Crippen LogP contribution in [0.4, 0.5) is 5.69 Å². The molecule has 0 saturated heterocycles. The standard InChI is InChI=1S/C16H25N3O2/c1-11(2)9-18-16(21)12(3)17-10-14-5-7-15(8-6-14)19-13(4)20/h5-8,11-12,17H,9-10H2,1-4H3,(H,18,21)(H,19,20). The second-order valence-corrected chi connectivity index (χ2v) is 5.62. The lowest BCUT2D eigenvalue weighted by Crippen LogP contribution is -2.42. The molecule has 116 valence electrons. The summed E-state index contributed by atoms with van der Waals surface area (Å²) in [6.07, 6.45) is 0. The molecule has 0 aliphatic carbocycles. The van der Waals surface area contributed by atoms with Gasteiger partial charge in [0.05, 0.1) is 6.04 Å². The van der Waals surface area contributed by atoms with Crippen molar-refractivity contribution in [2.45, 2.75) is 40.3 Å². The molecule has 0 saturated carbocycles. The Balaban J connectivity index is 2.40. The topological polar surface area (TPSA) is 70.2 Å². The van der Waals surface area contributed by atoms with E-state index < -0.39 is 0 Å². The lowest BCUT2D eigenvalue weighted by atomic mass is 10.2. The van der Waals surface area contributed by atoms with Gasteiger partial charge in [0.15, 0.2) is 0 Å². The highest BCUT2D eigenvalue weighted by Gasteiger charge is 2.11. The van der Waals surface area contributed by atoms with Crippen LogP contribution in [0, 0.1) is 5.92 Å². The van der Waals surface area contributed by atoms with Gasteiger partial charge in [0.2, 0.25) is 11.8 Å². The van der Waals surface area contributed by atoms with Crippen molar-refractivity contribution in [3.05, 3.63) is 29.8 Å². The normalized spacial score (nSPS) is 12.0. The maximum Gasteiger partial charge on any atom is 0.236 e. The zero-order valence-corrected chi connectivity index (χ0v) is 13.2. The van der Waals surface area contributed by atoms with E-state index in [1.807, 2.05) is 31.2 Å². The van der Waals surface area contributed by atoms with Crippen LogP contribution < -0.4 is 16.0 Å². The van der Waals surface area contributed by atoms with Crippen LogP contribution >= 0.6 is 0 Å². The average molecular weight is 291 g/mol. The zero-order chi connectivity index (χ0) is 15.8. The van der Waals surface area contributed by atoms with Gasteiger partial charge in [-0.3, -0.25) is 9.59 Å². The van der Waals surface area contributed by atoms with Crippen molar-refractivity contribution in [3.63, 3.8) is 0 Å². The van der Waals surface area contributed by atoms with Gasteiger partial charge in [0.25, 0.3) is 0 Å².